The number of carbonyl (C=O) groups is 1. The average molecular weight is 260 g/mol. The molecule has 3 rings (SSSR count). The fourth-order valence-electron chi connectivity index (χ4n) is 2.47. The molecule has 0 fully saturated rings. The van der Waals surface area contributed by atoms with E-state index in [1.807, 2.05) is 19.1 Å². The van der Waals surface area contributed by atoms with Crippen molar-refractivity contribution in [3.05, 3.63) is 23.4 Å². The molecular weight excluding hydrogens is 244 g/mol. The summed E-state index contributed by atoms with van der Waals surface area (Å²) in [6, 6.07) is 3.78. The number of hydrogen-bond acceptors (Lipinski definition) is 4. The first-order valence-corrected chi connectivity index (χ1v) is 6.30. The molecule has 0 radical (unpaired) electrons. The lowest BCUT2D eigenvalue weighted by Gasteiger charge is -2.18. The SMILES string of the molecule is CNCC(=O)c1c(C)[nH]c2cc3c(cc12)OCCO3. The van der Waals surface area contributed by atoms with Gasteiger partial charge in [-0.15, -0.1) is 0 Å². The van der Waals surface area contributed by atoms with Gasteiger partial charge >= 0.3 is 0 Å². The van der Waals surface area contributed by atoms with Crippen LogP contribution in [-0.2, 0) is 0 Å². The van der Waals surface area contributed by atoms with Gasteiger partial charge in [0.2, 0.25) is 0 Å². The number of nitrogens with one attached hydrogen (secondary N) is 2. The van der Waals surface area contributed by atoms with Crippen LogP contribution in [0.25, 0.3) is 10.9 Å². The molecule has 1 aromatic carbocycles. The molecule has 19 heavy (non-hydrogen) atoms. The molecule has 2 N–H and O–H groups in total. The van der Waals surface area contributed by atoms with Crippen LogP contribution in [0.4, 0.5) is 0 Å². The maximum Gasteiger partial charge on any atom is 0.179 e. The minimum Gasteiger partial charge on any atom is -0.486 e. The zero-order valence-corrected chi connectivity index (χ0v) is 11.0. The summed E-state index contributed by atoms with van der Waals surface area (Å²) in [6.07, 6.45) is 0. The summed E-state index contributed by atoms with van der Waals surface area (Å²) in [4.78, 5) is 15.4. The fourth-order valence-corrected chi connectivity index (χ4v) is 2.47. The second-order valence-corrected chi connectivity index (χ2v) is 4.62. The number of hydrogen-bond donors (Lipinski definition) is 2. The first kappa shape index (κ1) is 12.0. The van der Waals surface area contributed by atoms with E-state index in [9.17, 15) is 4.79 Å². The van der Waals surface area contributed by atoms with Crippen LogP contribution in [-0.4, -0.2) is 37.6 Å². The van der Waals surface area contributed by atoms with E-state index in [1.165, 1.54) is 0 Å². The molecule has 0 aliphatic carbocycles. The van der Waals surface area contributed by atoms with Crippen LogP contribution in [0.1, 0.15) is 16.1 Å². The van der Waals surface area contributed by atoms with Crippen molar-refractivity contribution in [1.29, 1.82) is 0 Å². The Bertz CT molecular complexity index is 646. The van der Waals surface area contributed by atoms with E-state index in [1.54, 1.807) is 7.05 Å². The molecule has 100 valence electrons. The molecule has 1 aromatic heterocycles. The average Bonchev–Trinajstić information content (AvgIpc) is 2.71. The van der Waals surface area contributed by atoms with Gasteiger partial charge in [-0.05, 0) is 20.0 Å². The van der Waals surface area contributed by atoms with Gasteiger partial charge in [-0.3, -0.25) is 4.79 Å². The van der Waals surface area contributed by atoms with E-state index >= 15 is 0 Å². The lowest BCUT2D eigenvalue weighted by atomic mass is 10.1. The molecular formula is C14H16N2O3. The van der Waals surface area contributed by atoms with Crippen molar-refractivity contribution in [2.45, 2.75) is 6.92 Å². The highest BCUT2D eigenvalue weighted by atomic mass is 16.6. The number of ether oxygens (including phenoxy) is 2. The number of carbonyl (C=O) groups excluding carboxylic acids is 1. The molecule has 0 atom stereocenters. The van der Waals surface area contributed by atoms with Crippen LogP contribution in [0, 0.1) is 6.92 Å². The smallest absolute Gasteiger partial charge is 0.179 e. The molecule has 2 heterocycles. The quantitative estimate of drug-likeness (QED) is 0.824. The lowest BCUT2D eigenvalue weighted by Crippen LogP contribution is -2.19. The van der Waals surface area contributed by atoms with Crippen LogP contribution in [0.3, 0.4) is 0 Å². The van der Waals surface area contributed by atoms with E-state index in [0.717, 1.165) is 27.9 Å². The molecule has 0 unspecified atom stereocenters. The summed E-state index contributed by atoms with van der Waals surface area (Å²) in [5, 5.41) is 3.78. The molecule has 0 spiro atoms. The predicted molar refractivity (Wildman–Crippen MR) is 72.3 cm³/mol. The zero-order valence-electron chi connectivity index (χ0n) is 11.0. The van der Waals surface area contributed by atoms with Crippen molar-refractivity contribution in [3.63, 3.8) is 0 Å². The second-order valence-electron chi connectivity index (χ2n) is 4.62. The Hall–Kier alpha value is -2.01. The topological polar surface area (TPSA) is 63.4 Å². The van der Waals surface area contributed by atoms with Crippen molar-refractivity contribution in [3.8, 4) is 11.5 Å². The first-order chi connectivity index (χ1) is 9.20. The van der Waals surface area contributed by atoms with Gasteiger partial charge in [-0.2, -0.15) is 0 Å². The lowest BCUT2D eigenvalue weighted by molar-refractivity contribution is 0.0994. The highest BCUT2D eigenvalue weighted by Gasteiger charge is 2.20. The van der Waals surface area contributed by atoms with Gasteiger partial charge in [-0.25, -0.2) is 0 Å². The number of aryl methyl sites for hydroxylation is 1. The number of likely N-dealkylation sites (N-methyl/N-ethyl adjacent to an activating group) is 1. The van der Waals surface area contributed by atoms with Gasteiger partial charge in [0, 0.05) is 22.7 Å². The van der Waals surface area contributed by atoms with Crippen molar-refractivity contribution >= 4 is 16.7 Å². The van der Waals surface area contributed by atoms with E-state index in [2.05, 4.69) is 10.3 Å². The van der Waals surface area contributed by atoms with Gasteiger partial charge in [-0.1, -0.05) is 0 Å². The standard InChI is InChI=1S/C14H16N2O3/c1-8-14(11(17)7-15-2)9-5-12-13(6-10(9)16-8)19-4-3-18-12/h5-6,15-16H,3-4,7H2,1-2H3. The minimum atomic E-state index is 0.0722. The van der Waals surface area contributed by atoms with Crippen molar-refractivity contribution in [2.75, 3.05) is 26.8 Å². The Balaban J connectivity index is 2.17. The molecule has 1 aliphatic heterocycles. The van der Waals surface area contributed by atoms with E-state index in [0.29, 0.717) is 25.5 Å². The van der Waals surface area contributed by atoms with Crippen LogP contribution >= 0.6 is 0 Å². The van der Waals surface area contributed by atoms with Gasteiger partial charge in [0.05, 0.1) is 12.1 Å². The van der Waals surface area contributed by atoms with Crippen LogP contribution in [0.5, 0.6) is 11.5 Å². The maximum absolute atomic E-state index is 12.2. The Labute approximate surface area is 110 Å². The van der Waals surface area contributed by atoms with Gasteiger partial charge < -0.3 is 19.8 Å². The van der Waals surface area contributed by atoms with Crippen LogP contribution < -0.4 is 14.8 Å². The second kappa shape index (κ2) is 4.59. The summed E-state index contributed by atoms with van der Waals surface area (Å²) in [7, 11) is 1.76. The minimum absolute atomic E-state index is 0.0722. The monoisotopic (exact) mass is 260 g/mol. The summed E-state index contributed by atoms with van der Waals surface area (Å²) in [5.41, 5.74) is 2.50. The molecule has 1 aliphatic rings. The highest BCUT2D eigenvalue weighted by molar-refractivity contribution is 6.10. The first-order valence-electron chi connectivity index (χ1n) is 6.30. The number of fused-ring (bicyclic) bond motifs is 2. The van der Waals surface area contributed by atoms with E-state index < -0.39 is 0 Å². The Morgan fingerprint density at radius 2 is 2.00 bits per heavy atom. The number of benzene rings is 1. The normalized spacial score (nSPS) is 13.8. The van der Waals surface area contributed by atoms with Gasteiger partial charge in [0.15, 0.2) is 17.3 Å². The molecule has 5 heteroatoms. The molecule has 0 saturated carbocycles. The van der Waals surface area contributed by atoms with Crippen LogP contribution in [0.15, 0.2) is 12.1 Å². The largest absolute Gasteiger partial charge is 0.486 e. The molecule has 0 saturated heterocycles. The fraction of sp³-hybridized carbons (Fsp3) is 0.357. The third-order valence-electron chi connectivity index (χ3n) is 3.27. The number of H-pyrrole nitrogens is 1. The maximum atomic E-state index is 12.2. The Morgan fingerprint density at radius 3 is 2.68 bits per heavy atom. The van der Waals surface area contributed by atoms with Crippen molar-refractivity contribution in [2.24, 2.45) is 0 Å². The van der Waals surface area contributed by atoms with Gasteiger partial charge in [0.1, 0.15) is 13.2 Å². The third kappa shape index (κ3) is 1.96. The number of rotatable bonds is 3. The number of aromatic nitrogens is 1. The van der Waals surface area contributed by atoms with Gasteiger partial charge in [0.25, 0.3) is 0 Å². The number of aromatic amines is 1. The predicted octanol–water partition coefficient (Wildman–Crippen LogP) is 1.65. The van der Waals surface area contributed by atoms with Crippen molar-refractivity contribution < 1.29 is 14.3 Å². The zero-order chi connectivity index (χ0) is 13.4. The number of Topliss-reactive ketones (excluding diaryl/α,β-unsaturated/α-hetero) is 1. The molecule has 2 aromatic rings. The third-order valence-corrected chi connectivity index (χ3v) is 3.27. The summed E-state index contributed by atoms with van der Waals surface area (Å²) in [6.45, 7) is 3.33. The number of ketones is 1. The summed E-state index contributed by atoms with van der Waals surface area (Å²) in [5.74, 6) is 1.51. The molecule has 0 amide bonds. The molecule has 0 bridgehead atoms. The van der Waals surface area contributed by atoms with Crippen LogP contribution in [0.2, 0.25) is 0 Å². The van der Waals surface area contributed by atoms with E-state index in [-0.39, 0.29) is 5.78 Å². The Kier molecular flexibility index (Phi) is 2.91. The highest BCUT2D eigenvalue weighted by Crippen LogP contribution is 2.36. The van der Waals surface area contributed by atoms with E-state index in [4.69, 9.17) is 9.47 Å². The van der Waals surface area contributed by atoms with Crippen molar-refractivity contribution in [1.82, 2.24) is 10.3 Å². The molecule has 5 nitrogen and oxygen atoms in total. The Morgan fingerprint density at radius 1 is 1.32 bits per heavy atom. The summed E-state index contributed by atoms with van der Waals surface area (Å²) >= 11 is 0. The summed E-state index contributed by atoms with van der Waals surface area (Å²) < 4.78 is 11.1.